The summed E-state index contributed by atoms with van der Waals surface area (Å²) in [5.41, 5.74) is 2.38. The first kappa shape index (κ1) is 11.7. The third-order valence-electron chi connectivity index (χ3n) is 2.85. The van der Waals surface area contributed by atoms with Gasteiger partial charge in [0, 0.05) is 18.1 Å². The van der Waals surface area contributed by atoms with Crippen molar-refractivity contribution in [3.63, 3.8) is 0 Å². The van der Waals surface area contributed by atoms with Crippen LogP contribution in [0.3, 0.4) is 0 Å². The number of hydrogen-bond acceptors (Lipinski definition) is 4. The van der Waals surface area contributed by atoms with Crippen molar-refractivity contribution < 1.29 is 9.90 Å². The fourth-order valence-electron chi connectivity index (χ4n) is 2.02. The van der Waals surface area contributed by atoms with Crippen LogP contribution in [0.1, 0.15) is 5.82 Å². The molecule has 0 unspecified atom stereocenters. The quantitative estimate of drug-likeness (QED) is 0.532. The molecule has 98 valence electrons. The van der Waals surface area contributed by atoms with E-state index in [9.17, 15) is 4.79 Å². The molecule has 0 saturated carbocycles. The topological polar surface area (TPSA) is 107 Å². The number of amides is 1. The van der Waals surface area contributed by atoms with E-state index in [-0.39, 0.29) is 25.5 Å². The van der Waals surface area contributed by atoms with Crippen LogP contribution in [0.2, 0.25) is 0 Å². The number of nitrogens with zero attached hydrogens (tertiary/aromatic N) is 2. The zero-order valence-corrected chi connectivity index (χ0v) is 10.1. The summed E-state index contributed by atoms with van der Waals surface area (Å²) in [7, 11) is 0. The SMILES string of the molecule is O=C(Cc1nc2c(cnc3[nH]ccc32)[nH]1)NCCO. The molecule has 7 nitrogen and oxygen atoms in total. The van der Waals surface area contributed by atoms with Gasteiger partial charge < -0.3 is 20.4 Å². The lowest BCUT2D eigenvalue weighted by atomic mass is 10.3. The van der Waals surface area contributed by atoms with Gasteiger partial charge in [-0.25, -0.2) is 9.97 Å². The van der Waals surface area contributed by atoms with E-state index in [4.69, 9.17) is 5.11 Å². The summed E-state index contributed by atoms with van der Waals surface area (Å²) in [5.74, 6) is 0.410. The van der Waals surface area contributed by atoms with Crippen molar-refractivity contribution in [3.8, 4) is 0 Å². The summed E-state index contributed by atoms with van der Waals surface area (Å²) in [6.07, 6.45) is 3.65. The number of aliphatic hydroxyl groups is 1. The molecule has 0 bridgehead atoms. The smallest absolute Gasteiger partial charge is 0.227 e. The molecule has 0 aliphatic rings. The molecule has 0 atom stereocenters. The van der Waals surface area contributed by atoms with Crippen LogP contribution < -0.4 is 5.32 Å². The molecule has 0 saturated heterocycles. The van der Waals surface area contributed by atoms with Gasteiger partial charge >= 0.3 is 0 Å². The van der Waals surface area contributed by atoms with Crippen LogP contribution in [0.25, 0.3) is 22.1 Å². The van der Waals surface area contributed by atoms with Crippen LogP contribution in [-0.4, -0.2) is 44.1 Å². The lowest BCUT2D eigenvalue weighted by Gasteiger charge is -1.99. The second-order valence-electron chi connectivity index (χ2n) is 4.19. The molecule has 4 N–H and O–H groups in total. The predicted octanol–water partition coefficient (Wildman–Crippen LogP) is 0.0902. The van der Waals surface area contributed by atoms with Crippen LogP contribution in [-0.2, 0) is 11.2 Å². The normalized spacial score (nSPS) is 11.2. The number of hydrogen-bond donors (Lipinski definition) is 4. The van der Waals surface area contributed by atoms with Gasteiger partial charge in [0.15, 0.2) is 0 Å². The van der Waals surface area contributed by atoms with Gasteiger partial charge in [-0.3, -0.25) is 4.79 Å². The van der Waals surface area contributed by atoms with Gasteiger partial charge in [-0.05, 0) is 6.07 Å². The van der Waals surface area contributed by atoms with Crippen LogP contribution >= 0.6 is 0 Å². The number of rotatable bonds is 4. The van der Waals surface area contributed by atoms with Gasteiger partial charge in [-0.1, -0.05) is 0 Å². The highest BCUT2D eigenvalue weighted by Gasteiger charge is 2.10. The molecule has 0 aliphatic carbocycles. The lowest BCUT2D eigenvalue weighted by Crippen LogP contribution is -2.28. The van der Waals surface area contributed by atoms with Gasteiger partial charge in [0.1, 0.15) is 17.0 Å². The minimum Gasteiger partial charge on any atom is -0.395 e. The maximum atomic E-state index is 11.6. The zero-order chi connectivity index (χ0) is 13.2. The number of imidazole rings is 1. The number of aromatic amines is 2. The highest BCUT2D eigenvalue weighted by molar-refractivity contribution is 6.00. The van der Waals surface area contributed by atoms with Crippen molar-refractivity contribution >= 4 is 28.0 Å². The number of aromatic nitrogens is 4. The van der Waals surface area contributed by atoms with Gasteiger partial charge in [0.25, 0.3) is 0 Å². The molecule has 0 radical (unpaired) electrons. The Hall–Kier alpha value is -2.41. The van der Waals surface area contributed by atoms with Crippen LogP contribution in [0.5, 0.6) is 0 Å². The second-order valence-corrected chi connectivity index (χ2v) is 4.19. The van der Waals surface area contributed by atoms with E-state index in [1.807, 2.05) is 6.07 Å². The number of H-pyrrole nitrogens is 2. The lowest BCUT2D eigenvalue weighted by molar-refractivity contribution is -0.120. The van der Waals surface area contributed by atoms with E-state index in [2.05, 4.69) is 25.3 Å². The van der Waals surface area contributed by atoms with Crippen molar-refractivity contribution in [1.82, 2.24) is 25.3 Å². The Bertz CT molecular complexity index is 730. The van der Waals surface area contributed by atoms with E-state index in [1.165, 1.54) is 0 Å². The molecule has 0 aliphatic heterocycles. The Morgan fingerprint density at radius 1 is 1.47 bits per heavy atom. The minimum absolute atomic E-state index is 0.0697. The molecule has 7 heteroatoms. The second kappa shape index (κ2) is 4.69. The third-order valence-corrected chi connectivity index (χ3v) is 2.85. The Labute approximate surface area is 108 Å². The molecule has 3 rings (SSSR count). The van der Waals surface area contributed by atoms with Gasteiger partial charge in [-0.15, -0.1) is 0 Å². The molecule has 3 aromatic heterocycles. The first-order valence-corrected chi connectivity index (χ1v) is 5.96. The first-order valence-electron chi connectivity index (χ1n) is 5.96. The maximum Gasteiger partial charge on any atom is 0.227 e. The van der Waals surface area contributed by atoms with Crippen molar-refractivity contribution in [2.45, 2.75) is 6.42 Å². The third kappa shape index (κ3) is 2.15. The van der Waals surface area contributed by atoms with E-state index in [1.54, 1.807) is 12.4 Å². The molecule has 0 aromatic carbocycles. The van der Waals surface area contributed by atoms with Crippen LogP contribution in [0, 0.1) is 0 Å². The summed E-state index contributed by atoms with van der Waals surface area (Å²) in [6, 6.07) is 1.90. The summed E-state index contributed by atoms with van der Waals surface area (Å²) in [5, 5.41) is 12.2. The largest absolute Gasteiger partial charge is 0.395 e. The zero-order valence-electron chi connectivity index (χ0n) is 10.1. The summed E-state index contributed by atoms with van der Waals surface area (Å²) in [4.78, 5) is 26.3. The molecular weight excluding hydrogens is 246 g/mol. The molecule has 19 heavy (non-hydrogen) atoms. The Balaban J connectivity index is 1.91. The number of aliphatic hydroxyl groups excluding tert-OH is 1. The molecular formula is C12H13N5O2. The average Bonchev–Trinajstić information content (AvgIpc) is 3.00. The van der Waals surface area contributed by atoms with Crippen LogP contribution in [0.15, 0.2) is 18.5 Å². The minimum atomic E-state index is -0.175. The fourth-order valence-corrected chi connectivity index (χ4v) is 2.02. The number of nitrogens with one attached hydrogen (secondary N) is 3. The molecule has 0 spiro atoms. The van der Waals surface area contributed by atoms with Crippen molar-refractivity contribution in [1.29, 1.82) is 0 Å². The van der Waals surface area contributed by atoms with E-state index < -0.39 is 0 Å². The Kier molecular flexibility index (Phi) is 2.88. The van der Waals surface area contributed by atoms with E-state index in [0.717, 1.165) is 22.1 Å². The fraction of sp³-hybridized carbons (Fsp3) is 0.250. The molecule has 3 aromatic rings. The van der Waals surface area contributed by atoms with Gasteiger partial charge in [0.05, 0.1) is 24.7 Å². The monoisotopic (exact) mass is 259 g/mol. The van der Waals surface area contributed by atoms with Crippen molar-refractivity contribution in [3.05, 3.63) is 24.3 Å². The number of carbonyl (C=O) groups is 1. The van der Waals surface area contributed by atoms with E-state index >= 15 is 0 Å². The van der Waals surface area contributed by atoms with Gasteiger partial charge in [0.2, 0.25) is 5.91 Å². The number of pyridine rings is 1. The van der Waals surface area contributed by atoms with Crippen LogP contribution in [0.4, 0.5) is 0 Å². The highest BCUT2D eigenvalue weighted by atomic mass is 16.3. The molecule has 1 amide bonds. The first-order chi connectivity index (χ1) is 9.28. The molecule has 0 fully saturated rings. The maximum absolute atomic E-state index is 11.6. The summed E-state index contributed by atoms with van der Waals surface area (Å²) < 4.78 is 0. The van der Waals surface area contributed by atoms with Crippen molar-refractivity contribution in [2.24, 2.45) is 0 Å². The summed E-state index contributed by atoms with van der Waals surface area (Å²) in [6.45, 7) is 0.183. The number of carbonyl (C=O) groups excluding carboxylic acids is 1. The predicted molar refractivity (Wildman–Crippen MR) is 69.5 cm³/mol. The standard InChI is InChI=1S/C12H13N5O2/c18-4-3-13-10(19)5-9-16-8-6-15-12-7(1-2-14-12)11(8)17-9/h1-2,6,18H,3-5H2,(H,13,19)(H,14,15)(H,16,17). The highest BCUT2D eigenvalue weighted by Crippen LogP contribution is 2.20. The Morgan fingerprint density at radius 3 is 3.21 bits per heavy atom. The number of fused-ring (bicyclic) bond motifs is 3. The molecule has 3 heterocycles. The van der Waals surface area contributed by atoms with E-state index in [0.29, 0.717) is 5.82 Å². The Morgan fingerprint density at radius 2 is 2.37 bits per heavy atom. The average molecular weight is 259 g/mol. The summed E-state index contributed by atoms with van der Waals surface area (Å²) >= 11 is 0. The van der Waals surface area contributed by atoms with Gasteiger partial charge in [-0.2, -0.15) is 0 Å². The van der Waals surface area contributed by atoms with Crippen molar-refractivity contribution in [2.75, 3.05) is 13.2 Å².